The van der Waals surface area contributed by atoms with E-state index in [9.17, 15) is 9.59 Å². The first-order chi connectivity index (χ1) is 11.4. The summed E-state index contributed by atoms with van der Waals surface area (Å²) in [6, 6.07) is 4.74. The lowest BCUT2D eigenvalue weighted by atomic mass is 10.1. The number of hydrogen-bond donors (Lipinski definition) is 2. The number of ether oxygens (including phenoxy) is 2. The molecule has 25 heavy (non-hydrogen) atoms. The Morgan fingerprint density at radius 2 is 1.72 bits per heavy atom. The van der Waals surface area contributed by atoms with Crippen LogP contribution in [0, 0.1) is 0 Å². The van der Waals surface area contributed by atoms with E-state index < -0.39 is 17.2 Å². The molecule has 0 spiro atoms. The van der Waals surface area contributed by atoms with Crippen molar-refractivity contribution in [2.75, 3.05) is 13.2 Å². The van der Waals surface area contributed by atoms with Crippen LogP contribution in [-0.2, 0) is 9.53 Å². The summed E-state index contributed by atoms with van der Waals surface area (Å²) < 4.78 is 10.5. The van der Waals surface area contributed by atoms with E-state index in [0.717, 1.165) is 0 Å². The lowest BCUT2D eigenvalue weighted by molar-refractivity contribution is -0.124. The third-order valence-electron chi connectivity index (χ3n) is 2.81. The van der Waals surface area contributed by atoms with Gasteiger partial charge in [-0.1, -0.05) is 23.2 Å². The van der Waals surface area contributed by atoms with Gasteiger partial charge >= 0.3 is 6.09 Å². The van der Waals surface area contributed by atoms with Crippen LogP contribution in [0.15, 0.2) is 18.2 Å². The largest absolute Gasteiger partial charge is 0.484 e. The van der Waals surface area contributed by atoms with Gasteiger partial charge in [0.15, 0.2) is 6.61 Å². The number of amides is 2. The molecule has 1 aromatic carbocycles. The van der Waals surface area contributed by atoms with Crippen LogP contribution in [0.1, 0.15) is 34.6 Å². The van der Waals surface area contributed by atoms with Crippen molar-refractivity contribution in [3.8, 4) is 5.75 Å². The van der Waals surface area contributed by atoms with Crippen LogP contribution < -0.4 is 15.4 Å². The van der Waals surface area contributed by atoms with Gasteiger partial charge in [0.1, 0.15) is 11.4 Å². The molecule has 0 fully saturated rings. The molecule has 0 atom stereocenters. The first-order valence-corrected chi connectivity index (χ1v) is 8.49. The smallest absolute Gasteiger partial charge is 0.407 e. The molecule has 0 heterocycles. The van der Waals surface area contributed by atoms with Gasteiger partial charge in [-0.05, 0) is 46.8 Å². The predicted octanol–water partition coefficient (Wildman–Crippen LogP) is 3.79. The predicted molar refractivity (Wildman–Crippen MR) is 98.4 cm³/mol. The Labute approximate surface area is 158 Å². The fraction of sp³-hybridized carbons (Fsp3) is 0.529. The van der Waals surface area contributed by atoms with Gasteiger partial charge in [-0.3, -0.25) is 4.79 Å². The monoisotopic (exact) mass is 390 g/mol. The van der Waals surface area contributed by atoms with Crippen LogP contribution in [0.4, 0.5) is 4.79 Å². The number of hydrogen-bond acceptors (Lipinski definition) is 4. The van der Waals surface area contributed by atoms with Crippen molar-refractivity contribution in [3.05, 3.63) is 28.2 Å². The number of carbonyl (C=O) groups excluding carboxylic acids is 2. The Kier molecular flexibility index (Phi) is 7.38. The van der Waals surface area contributed by atoms with Gasteiger partial charge in [0, 0.05) is 12.6 Å². The topological polar surface area (TPSA) is 76.7 Å². The molecule has 6 nitrogen and oxygen atoms in total. The number of alkyl carbamates (subject to hydrolysis) is 1. The Morgan fingerprint density at radius 1 is 1.08 bits per heavy atom. The van der Waals surface area contributed by atoms with Crippen LogP contribution in [0.3, 0.4) is 0 Å². The van der Waals surface area contributed by atoms with E-state index in [1.807, 2.05) is 0 Å². The zero-order valence-electron chi connectivity index (χ0n) is 15.0. The van der Waals surface area contributed by atoms with Crippen molar-refractivity contribution in [3.63, 3.8) is 0 Å². The second kappa shape index (κ2) is 8.63. The Hall–Kier alpha value is -1.66. The SMILES string of the molecule is CC(C)(CNC(=O)OC(C)(C)C)NC(=O)COc1ccc(Cl)c(Cl)c1. The fourth-order valence-corrected chi connectivity index (χ4v) is 2.07. The first-order valence-electron chi connectivity index (χ1n) is 7.74. The number of rotatable bonds is 6. The molecule has 0 aromatic heterocycles. The van der Waals surface area contributed by atoms with Gasteiger partial charge in [0.05, 0.1) is 15.6 Å². The maximum Gasteiger partial charge on any atom is 0.407 e. The molecule has 0 aliphatic carbocycles. The Bertz CT molecular complexity index is 628. The second-order valence-corrected chi connectivity index (χ2v) is 7.97. The van der Waals surface area contributed by atoms with E-state index in [1.54, 1.807) is 46.8 Å². The quantitative estimate of drug-likeness (QED) is 0.774. The average molecular weight is 391 g/mol. The molecule has 8 heteroatoms. The zero-order chi connectivity index (χ0) is 19.3. The standard InChI is InChI=1S/C17H24Cl2N2O4/c1-16(2,3)25-15(23)20-10-17(4,5)21-14(22)9-24-11-6-7-12(18)13(19)8-11/h6-8H,9-10H2,1-5H3,(H,20,23)(H,21,22). The molecule has 1 rings (SSSR count). The summed E-state index contributed by atoms with van der Waals surface area (Å²) in [5.74, 6) is 0.108. The van der Waals surface area contributed by atoms with Gasteiger partial charge in [-0.2, -0.15) is 0 Å². The highest BCUT2D eigenvalue weighted by Crippen LogP contribution is 2.26. The Balaban J connectivity index is 2.43. The van der Waals surface area contributed by atoms with Crippen molar-refractivity contribution in [2.45, 2.75) is 45.8 Å². The molecule has 140 valence electrons. The molecule has 0 bridgehead atoms. The minimum atomic E-state index is -0.672. The van der Waals surface area contributed by atoms with Gasteiger partial charge in [-0.15, -0.1) is 0 Å². The highest BCUT2D eigenvalue weighted by Gasteiger charge is 2.23. The van der Waals surface area contributed by atoms with Crippen molar-refractivity contribution < 1.29 is 19.1 Å². The first kappa shape index (κ1) is 21.4. The van der Waals surface area contributed by atoms with Crippen LogP contribution in [0.5, 0.6) is 5.75 Å². The number of benzene rings is 1. The number of nitrogens with one attached hydrogen (secondary N) is 2. The van der Waals surface area contributed by atoms with Crippen LogP contribution in [-0.4, -0.2) is 36.3 Å². The average Bonchev–Trinajstić information content (AvgIpc) is 2.44. The second-order valence-electron chi connectivity index (χ2n) is 7.15. The minimum absolute atomic E-state index is 0.187. The number of carbonyl (C=O) groups is 2. The van der Waals surface area contributed by atoms with E-state index >= 15 is 0 Å². The minimum Gasteiger partial charge on any atom is -0.484 e. The van der Waals surface area contributed by atoms with E-state index in [1.165, 1.54) is 6.07 Å². The molecule has 0 radical (unpaired) electrons. The molecule has 0 unspecified atom stereocenters. The van der Waals surface area contributed by atoms with E-state index in [-0.39, 0.29) is 19.1 Å². The summed E-state index contributed by atoms with van der Waals surface area (Å²) in [7, 11) is 0. The summed E-state index contributed by atoms with van der Waals surface area (Å²) in [6.07, 6.45) is -0.540. The van der Waals surface area contributed by atoms with Crippen molar-refractivity contribution >= 4 is 35.2 Å². The molecule has 0 aliphatic heterocycles. The van der Waals surface area contributed by atoms with Crippen LogP contribution in [0.2, 0.25) is 10.0 Å². The Morgan fingerprint density at radius 3 is 2.28 bits per heavy atom. The summed E-state index contributed by atoms with van der Waals surface area (Å²) in [5, 5.41) is 6.16. The zero-order valence-corrected chi connectivity index (χ0v) is 16.5. The molecule has 0 saturated carbocycles. The highest BCUT2D eigenvalue weighted by molar-refractivity contribution is 6.42. The van der Waals surface area contributed by atoms with Gasteiger partial charge < -0.3 is 20.1 Å². The van der Waals surface area contributed by atoms with Crippen LogP contribution in [0.25, 0.3) is 0 Å². The molecular weight excluding hydrogens is 367 g/mol. The lowest BCUT2D eigenvalue weighted by Crippen LogP contribution is -2.53. The van der Waals surface area contributed by atoms with Crippen molar-refractivity contribution in [1.29, 1.82) is 0 Å². The number of halogens is 2. The third-order valence-corrected chi connectivity index (χ3v) is 3.55. The highest BCUT2D eigenvalue weighted by atomic mass is 35.5. The summed E-state index contributed by atoms with van der Waals surface area (Å²) in [5.41, 5.74) is -1.25. The normalized spacial score (nSPS) is 11.6. The molecular formula is C17H24Cl2N2O4. The van der Waals surface area contributed by atoms with Crippen molar-refractivity contribution in [1.82, 2.24) is 10.6 Å². The van der Waals surface area contributed by atoms with E-state index in [4.69, 9.17) is 32.7 Å². The molecule has 0 aliphatic rings. The maximum absolute atomic E-state index is 12.0. The third kappa shape index (κ3) is 8.84. The molecule has 2 N–H and O–H groups in total. The molecule has 2 amide bonds. The fourth-order valence-electron chi connectivity index (χ4n) is 1.78. The molecule has 0 saturated heterocycles. The van der Waals surface area contributed by atoms with Gasteiger partial charge in [0.25, 0.3) is 5.91 Å². The summed E-state index contributed by atoms with van der Waals surface area (Å²) in [4.78, 5) is 23.7. The van der Waals surface area contributed by atoms with E-state index in [2.05, 4.69) is 10.6 Å². The van der Waals surface area contributed by atoms with Crippen LogP contribution >= 0.6 is 23.2 Å². The van der Waals surface area contributed by atoms with Gasteiger partial charge in [-0.25, -0.2) is 4.79 Å². The van der Waals surface area contributed by atoms with E-state index in [0.29, 0.717) is 15.8 Å². The van der Waals surface area contributed by atoms with Crippen molar-refractivity contribution in [2.24, 2.45) is 0 Å². The molecule has 1 aromatic rings. The van der Waals surface area contributed by atoms with Gasteiger partial charge in [0.2, 0.25) is 0 Å². The summed E-state index contributed by atoms with van der Waals surface area (Å²) >= 11 is 11.7. The maximum atomic E-state index is 12.0. The lowest BCUT2D eigenvalue weighted by Gasteiger charge is -2.27. The summed E-state index contributed by atoms with van der Waals surface area (Å²) in [6.45, 7) is 8.91.